The highest BCUT2D eigenvalue weighted by molar-refractivity contribution is 5.49. The van der Waals surface area contributed by atoms with E-state index >= 15 is 0 Å². The van der Waals surface area contributed by atoms with E-state index < -0.39 is 0 Å². The van der Waals surface area contributed by atoms with Crippen molar-refractivity contribution in [1.82, 2.24) is 5.32 Å². The van der Waals surface area contributed by atoms with Crippen LogP contribution in [0, 0.1) is 0 Å². The summed E-state index contributed by atoms with van der Waals surface area (Å²) in [5, 5.41) is 6.83. The molecule has 25 heavy (non-hydrogen) atoms. The fraction of sp³-hybridized carbons (Fsp3) is 0.304. The van der Waals surface area contributed by atoms with E-state index in [2.05, 4.69) is 85.3 Å². The van der Waals surface area contributed by atoms with Gasteiger partial charge in [-0.25, -0.2) is 0 Å². The van der Waals surface area contributed by atoms with E-state index in [1.807, 2.05) is 7.05 Å². The Morgan fingerprint density at radius 2 is 1.64 bits per heavy atom. The Balaban J connectivity index is 1.84. The van der Waals surface area contributed by atoms with Crippen LogP contribution in [0.15, 0.2) is 79.0 Å². The topological polar surface area (TPSA) is 24.1 Å². The van der Waals surface area contributed by atoms with E-state index in [1.54, 1.807) is 0 Å². The molecule has 0 bridgehead atoms. The van der Waals surface area contributed by atoms with Crippen molar-refractivity contribution in [2.24, 2.45) is 0 Å². The van der Waals surface area contributed by atoms with Gasteiger partial charge in [-0.05, 0) is 56.5 Å². The maximum absolute atomic E-state index is 4.20. The molecule has 1 atom stereocenters. The molecule has 0 aliphatic carbocycles. The Morgan fingerprint density at radius 1 is 0.960 bits per heavy atom. The van der Waals surface area contributed by atoms with Gasteiger partial charge < -0.3 is 10.6 Å². The van der Waals surface area contributed by atoms with Gasteiger partial charge in [0.05, 0.1) is 0 Å². The summed E-state index contributed by atoms with van der Waals surface area (Å²) in [5.74, 6) is 0. The fourth-order valence-corrected chi connectivity index (χ4v) is 2.84. The summed E-state index contributed by atoms with van der Waals surface area (Å²) in [6.07, 6.45) is 3.99. The van der Waals surface area contributed by atoms with Crippen LogP contribution in [-0.2, 0) is 12.8 Å². The number of hydrogen-bond acceptors (Lipinski definition) is 2. The van der Waals surface area contributed by atoms with Gasteiger partial charge in [0.15, 0.2) is 0 Å². The van der Waals surface area contributed by atoms with E-state index in [-0.39, 0.29) is 0 Å². The highest BCUT2D eigenvalue weighted by atomic mass is 14.9. The molecule has 0 aromatic heterocycles. The minimum Gasteiger partial charge on any atom is -0.359 e. The van der Waals surface area contributed by atoms with Gasteiger partial charge in [0.25, 0.3) is 0 Å². The second-order valence-electron chi connectivity index (χ2n) is 6.76. The summed E-state index contributed by atoms with van der Waals surface area (Å²) in [6, 6.07) is 19.6. The predicted octanol–water partition coefficient (Wildman–Crippen LogP) is 5.34. The first kappa shape index (κ1) is 19.0. The maximum Gasteiger partial charge on any atom is 0.0381 e. The second kappa shape index (κ2) is 9.85. The molecular formula is C23H30N2. The van der Waals surface area contributed by atoms with Gasteiger partial charge >= 0.3 is 0 Å². The summed E-state index contributed by atoms with van der Waals surface area (Å²) in [5.41, 5.74) is 6.04. The van der Waals surface area contributed by atoms with Crippen LogP contribution < -0.4 is 10.6 Å². The zero-order valence-electron chi connectivity index (χ0n) is 15.5. The van der Waals surface area contributed by atoms with E-state index in [0.29, 0.717) is 6.04 Å². The molecule has 2 rings (SSSR count). The number of aryl methyl sites for hydroxylation is 1. The lowest BCUT2D eigenvalue weighted by Gasteiger charge is -2.19. The summed E-state index contributed by atoms with van der Waals surface area (Å²) >= 11 is 0. The van der Waals surface area contributed by atoms with Crippen molar-refractivity contribution in [2.45, 2.75) is 38.6 Å². The van der Waals surface area contributed by atoms with Crippen LogP contribution >= 0.6 is 0 Å². The number of hydrogen-bond donors (Lipinski definition) is 2. The molecule has 0 aliphatic heterocycles. The van der Waals surface area contributed by atoms with Gasteiger partial charge in [0, 0.05) is 23.8 Å². The Morgan fingerprint density at radius 3 is 2.24 bits per heavy atom. The number of likely N-dealkylation sites (N-methyl/N-ethyl adjacent to an activating group) is 1. The van der Waals surface area contributed by atoms with Crippen molar-refractivity contribution in [3.8, 4) is 0 Å². The highest BCUT2D eigenvalue weighted by Gasteiger charge is 2.09. The van der Waals surface area contributed by atoms with Crippen molar-refractivity contribution in [2.75, 3.05) is 12.4 Å². The van der Waals surface area contributed by atoms with Crippen LogP contribution in [0.1, 0.15) is 30.9 Å². The van der Waals surface area contributed by atoms with Crippen LogP contribution in [0.25, 0.3) is 0 Å². The summed E-state index contributed by atoms with van der Waals surface area (Å²) in [6.45, 7) is 10.2. The number of rotatable bonds is 10. The highest BCUT2D eigenvalue weighted by Crippen LogP contribution is 2.16. The van der Waals surface area contributed by atoms with Crippen LogP contribution in [-0.4, -0.2) is 13.1 Å². The molecule has 2 heteroatoms. The lowest BCUT2D eigenvalue weighted by molar-refractivity contribution is 0.556. The average molecular weight is 335 g/mol. The molecule has 132 valence electrons. The first-order valence-electron chi connectivity index (χ1n) is 8.96. The van der Waals surface area contributed by atoms with E-state index in [4.69, 9.17) is 0 Å². The molecule has 2 nitrogen and oxygen atoms in total. The van der Waals surface area contributed by atoms with E-state index in [9.17, 15) is 0 Å². The van der Waals surface area contributed by atoms with Gasteiger partial charge in [0.2, 0.25) is 0 Å². The third-order valence-corrected chi connectivity index (χ3v) is 4.34. The molecule has 2 N–H and O–H groups in total. The molecule has 2 aromatic rings. The van der Waals surface area contributed by atoms with Crippen molar-refractivity contribution in [1.29, 1.82) is 0 Å². The molecule has 0 heterocycles. The van der Waals surface area contributed by atoms with E-state index in [0.717, 1.165) is 37.1 Å². The summed E-state index contributed by atoms with van der Waals surface area (Å²) < 4.78 is 0. The normalized spacial score (nSPS) is 11.8. The number of nitrogens with one attached hydrogen (secondary N) is 2. The molecule has 2 aromatic carbocycles. The van der Waals surface area contributed by atoms with Gasteiger partial charge in [-0.3, -0.25) is 0 Å². The van der Waals surface area contributed by atoms with Crippen molar-refractivity contribution < 1.29 is 0 Å². The number of allylic oxidation sites excluding steroid dienone is 1. The Bertz CT molecular complexity index is 671. The fourth-order valence-electron chi connectivity index (χ4n) is 2.84. The quantitative estimate of drug-likeness (QED) is 0.573. The van der Waals surface area contributed by atoms with Gasteiger partial charge in [-0.15, -0.1) is 6.58 Å². The van der Waals surface area contributed by atoms with Crippen LogP contribution in [0.2, 0.25) is 0 Å². The molecule has 0 aliphatic rings. The summed E-state index contributed by atoms with van der Waals surface area (Å²) in [4.78, 5) is 0. The Hall–Kier alpha value is -2.32. The third-order valence-electron chi connectivity index (χ3n) is 4.34. The Labute approximate surface area is 152 Å². The molecule has 0 saturated heterocycles. The smallest absolute Gasteiger partial charge is 0.0381 e. The van der Waals surface area contributed by atoms with E-state index in [1.165, 1.54) is 16.7 Å². The minimum absolute atomic E-state index is 0.372. The lowest BCUT2D eigenvalue weighted by atomic mass is 10.0. The van der Waals surface area contributed by atoms with Gasteiger partial charge in [-0.2, -0.15) is 0 Å². The van der Waals surface area contributed by atoms with Crippen molar-refractivity contribution in [3.63, 3.8) is 0 Å². The minimum atomic E-state index is 0.372. The number of anilines is 1. The summed E-state index contributed by atoms with van der Waals surface area (Å²) in [7, 11) is 2.01. The maximum atomic E-state index is 4.20. The molecular weight excluding hydrogens is 304 g/mol. The molecule has 0 saturated carbocycles. The molecule has 0 amide bonds. The van der Waals surface area contributed by atoms with Gasteiger partial charge in [-0.1, -0.05) is 54.6 Å². The molecule has 0 fully saturated rings. The third kappa shape index (κ3) is 6.98. The largest absolute Gasteiger partial charge is 0.359 e. The van der Waals surface area contributed by atoms with Crippen LogP contribution in [0.5, 0.6) is 0 Å². The van der Waals surface area contributed by atoms with Crippen molar-refractivity contribution >= 4 is 5.69 Å². The van der Waals surface area contributed by atoms with Gasteiger partial charge in [0.1, 0.15) is 0 Å². The SMILES string of the molecule is C=C(C)CCc1ccc(NC(=C)CC(Cc2ccccc2)NC)cc1. The standard InChI is InChI=1S/C23H30N2/c1-18(2)10-11-20-12-14-22(15-13-20)25-19(3)16-23(24-4)17-21-8-6-5-7-9-21/h5-9,12-15,23-25H,1,3,10-11,16-17H2,2,4H3. The van der Waals surface area contributed by atoms with Crippen molar-refractivity contribution in [3.05, 3.63) is 90.2 Å². The zero-order valence-corrected chi connectivity index (χ0v) is 15.5. The monoisotopic (exact) mass is 334 g/mol. The second-order valence-corrected chi connectivity index (χ2v) is 6.76. The number of benzene rings is 2. The molecule has 0 radical (unpaired) electrons. The average Bonchev–Trinajstić information content (AvgIpc) is 2.61. The molecule has 1 unspecified atom stereocenters. The first-order valence-corrected chi connectivity index (χ1v) is 8.96. The van der Waals surface area contributed by atoms with Crippen LogP contribution in [0.3, 0.4) is 0 Å². The zero-order chi connectivity index (χ0) is 18.1. The predicted molar refractivity (Wildman–Crippen MR) is 110 cm³/mol. The first-order chi connectivity index (χ1) is 12.1. The Kier molecular flexibility index (Phi) is 7.49. The molecule has 0 spiro atoms. The lowest BCUT2D eigenvalue weighted by Crippen LogP contribution is -2.29. The van der Waals surface area contributed by atoms with Crippen LogP contribution in [0.4, 0.5) is 5.69 Å².